The lowest BCUT2D eigenvalue weighted by atomic mass is 10.1. The Morgan fingerprint density at radius 2 is 1.67 bits per heavy atom. The van der Waals surface area contributed by atoms with Crippen molar-refractivity contribution >= 4 is 10.9 Å². The van der Waals surface area contributed by atoms with Gasteiger partial charge in [0.2, 0.25) is 0 Å². The van der Waals surface area contributed by atoms with E-state index >= 15 is 0 Å². The van der Waals surface area contributed by atoms with Crippen molar-refractivity contribution in [1.29, 1.82) is 0 Å². The number of tetrazole rings is 1. The highest BCUT2D eigenvalue weighted by Gasteiger charge is 2.16. The summed E-state index contributed by atoms with van der Waals surface area (Å²) in [5.41, 5.74) is 5.69. The lowest BCUT2D eigenvalue weighted by Crippen LogP contribution is -2.28. The van der Waals surface area contributed by atoms with Crippen molar-refractivity contribution in [2.45, 2.75) is 40.0 Å². The zero-order chi connectivity index (χ0) is 25.1. The monoisotopic (exact) mass is 482 g/mol. The summed E-state index contributed by atoms with van der Waals surface area (Å²) in [5.74, 6) is 0.385. The van der Waals surface area contributed by atoms with E-state index in [0.29, 0.717) is 37.6 Å². The molecule has 7 nitrogen and oxygen atoms in total. The van der Waals surface area contributed by atoms with Gasteiger partial charge in [-0.15, -0.1) is 5.10 Å². The van der Waals surface area contributed by atoms with Crippen molar-refractivity contribution in [2.75, 3.05) is 0 Å². The number of aryl methyl sites for hydroxylation is 2. The van der Waals surface area contributed by atoms with Crippen LogP contribution in [0.3, 0.4) is 0 Å². The minimum Gasteiger partial charge on any atom is -0.321 e. The Balaban J connectivity index is 1.44. The van der Waals surface area contributed by atoms with Gasteiger partial charge < -0.3 is 4.98 Å². The first-order valence-electron chi connectivity index (χ1n) is 11.8. The van der Waals surface area contributed by atoms with Crippen LogP contribution in [0.1, 0.15) is 33.6 Å². The van der Waals surface area contributed by atoms with Crippen LogP contribution in [0, 0.1) is 19.7 Å². The fourth-order valence-corrected chi connectivity index (χ4v) is 4.33. The fourth-order valence-electron chi connectivity index (χ4n) is 4.33. The number of fused-ring (bicyclic) bond motifs is 1. The highest BCUT2D eigenvalue weighted by molar-refractivity contribution is 5.81. The largest absolute Gasteiger partial charge is 0.321 e. The molecule has 8 heteroatoms. The summed E-state index contributed by atoms with van der Waals surface area (Å²) in [6.45, 7) is 5.96. The van der Waals surface area contributed by atoms with E-state index in [2.05, 4.69) is 56.6 Å². The number of H-pyrrole nitrogens is 1. The maximum atomic E-state index is 13.3. The number of halogens is 1. The van der Waals surface area contributed by atoms with Crippen molar-refractivity contribution in [3.8, 4) is 0 Å². The van der Waals surface area contributed by atoms with E-state index in [1.54, 1.807) is 16.8 Å². The molecule has 2 aromatic heterocycles. The van der Waals surface area contributed by atoms with Gasteiger partial charge in [0.1, 0.15) is 5.82 Å². The van der Waals surface area contributed by atoms with Gasteiger partial charge >= 0.3 is 0 Å². The predicted octanol–water partition coefficient (Wildman–Crippen LogP) is 4.52. The summed E-state index contributed by atoms with van der Waals surface area (Å²) < 4.78 is 15.0. The van der Waals surface area contributed by atoms with E-state index in [0.717, 1.165) is 27.6 Å². The second-order valence-corrected chi connectivity index (χ2v) is 9.17. The van der Waals surface area contributed by atoms with Gasteiger partial charge in [-0.2, -0.15) is 0 Å². The molecule has 182 valence electrons. The van der Waals surface area contributed by atoms with E-state index in [-0.39, 0.29) is 11.4 Å². The number of benzene rings is 3. The third-order valence-electron chi connectivity index (χ3n) is 6.30. The van der Waals surface area contributed by atoms with Gasteiger partial charge in [0.15, 0.2) is 5.82 Å². The molecule has 2 heterocycles. The molecule has 5 rings (SSSR count). The SMILES string of the molecule is Cc1ccc(CN(Cc2cc3cccc(C)c3[nH]c2=O)Cc2nnnn2Cc2ccc(F)cc2)cc1. The average molecular weight is 483 g/mol. The molecule has 0 bridgehead atoms. The quantitative estimate of drug-likeness (QED) is 0.352. The van der Waals surface area contributed by atoms with Crippen LogP contribution in [0.25, 0.3) is 10.9 Å². The summed E-state index contributed by atoms with van der Waals surface area (Å²) in [6.07, 6.45) is 0. The highest BCUT2D eigenvalue weighted by atomic mass is 19.1. The summed E-state index contributed by atoms with van der Waals surface area (Å²) in [5, 5.41) is 13.3. The van der Waals surface area contributed by atoms with Gasteiger partial charge in [0.05, 0.1) is 18.6 Å². The van der Waals surface area contributed by atoms with Gasteiger partial charge in [-0.3, -0.25) is 9.69 Å². The summed E-state index contributed by atoms with van der Waals surface area (Å²) >= 11 is 0. The van der Waals surface area contributed by atoms with Crippen LogP contribution in [0.4, 0.5) is 4.39 Å². The number of pyridine rings is 1. The normalized spacial score (nSPS) is 11.4. The average Bonchev–Trinajstić information content (AvgIpc) is 3.29. The summed E-state index contributed by atoms with van der Waals surface area (Å²) in [7, 11) is 0. The molecule has 0 aliphatic carbocycles. The second kappa shape index (κ2) is 10.2. The number of hydrogen-bond acceptors (Lipinski definition) is 5. The van der Waals surface area contributed by atoms with Crippen molar-refractivity contribution in [3.05, 3.63) is 123 Å². The molecular weight excluding hydrogens is 455 g/mol. The van der Waals surface area contributed by atoms with Crippen LogP contribution in [-0.2, 0) is 26.2 Å². The Kier molecular flexibility index (Phi) is 6.69. The third kappa shape index (κ3) is 5.39. The zero-order valence-corrected chi connectivity index (χ0v) is 20.3. The fraction of sp³-hybridized carbons (Fsp3) is 0.214. The van der Waals surface area contributed by atoms with E-state index in [1.165, 1.54) is 17.7 Å². The van der Waals surface area contributed by atoms with Crippen LogP contribution < -0.4 is 5.56 Å². The molecule has 0 atom stereocenters. The van der Waals surface area contributed by atoms with E-state index in [1.807, 2.05) is 31.2 Å². The molecule has 0 saturated heterocycles. The molecule has 0 amide bonds. The molecular formula is C28H27FN6O. The molecule has 1 N–H and O–H groups in total. The van der Waals surface area contributed by atoms with Gasteiger partial charge in [-0.05, 0) is 64.5 Å². The first-order chi connectivity index (χ1) is 17.4. The number of aromatic amines is 1. The minimum atomic E-state index is -0.282. The Labute approximate surface area is 208 Å². The van der Waals surface area contributed by atoms with E-state index in [4.69, 9.17) is 0 Å². The van der Waals surface area contributed by atoms with Gasteiger partial charge in [-0.1, -0.05) is 60.2 Å². The Bertz CT molecular complexity index is 1540. The number of nitrogens with zero attached hydrogens (tertiary/aromatic N) is 5. The minimum absolute atomic E-state index is 0.100. The van der Waals surface area contributed by atoms with Crippen molar-refractivity contribution in [3.63, 3.8) is 0 Å². The molecule has 0 fully saturated rings. The maximum absolute atomic E-state index is 13.3. The number of para-hydroxylation sites is 1. The molecule has 0 unspecified atom stereocenters. The van der Waals surface area contributed by atoms with E-state index < -0.39 is 0 Å². The first-order valence-corrected chi connectivity index (χ1v) is 11.8. The smallest absolute Gasteiger partial charge is 0.252 e. The summed E-state index contributed by atoms with van der Waals surface area (Å²) in [4.78, 5) is 18.2. The molecule has 0 radical (unpaired) electrons. The highest BCUT2D eigenvalue weighted by Crippen LogP contribution is 2.18. The Morgan fingerprint density at radius 3 is 2.44 bits per heavy atom. The van der Waals surface area contributed by atoms with Gasteiger partial charge in [0.25, 0.3) is 5.56 Å². The lowest BCUT2D eigenvalue weighted by molar-refractivity contribution is 0.236. The van der Waals surface area contributed by atoms with Crippen LogP contribution >= 0.6 is 0 Å². The summed E-state index contributed by atoms with van der Waals surface area (Å²) in [6, 6.07) is 22.6. The maximum Gasteiger partial charge on any atom is 0.252 e. The Morgan fingerprint density at radius 1 is 0.917 bits per heavy atom. The molecule has 36 heavy (non-hydrogen) atoms. The molecule has 5 aromatic rings. The number of rotatable bonds is 8. The van der Waals surface area contributed by atoms with Gasteiger partial charge in [0, 0.05) is 18.7 Å². The first kappa shape index (κ1) is 23.6. The van der Waals surface area contributed by atoms with Crippen LogP contribution in [-0.4, -0.2) is 30.1 Å². The predicted molar refractivity (Wildman–Crippen MR) is 137 cm³/mol. The van der Waals surface area contributed by atoms with Crippen molar-refractivity contribution in [1.82, 2.24) is 30.1 Å². The molecule has 0 aliphatic heterocycles. The number of hydrogen-bond donors (Lipinski definition) is 1. The third-order valence-corrected chi connectivity index (χ3v) is 6.30. The number of nitrogens with one attached hydrogen (secondary N) is 1. The zero-order valence-electron chi connectivity index (χ0n) is 20.3. The molecule has 0 saturated carbocycles. The lowest BCUT2D eigenvalue weighted by Gasteiger charge is -2.22. The van der Waals surface area contributed by atoms with Crippen molar-refractivity contribution in [2.24, 2.45) is 0 Å². The second-order valence-electron chi connectivity index (χ2n) is 9.17. The topological polar surface area (TPSA) is 79.7 Å². The van der Waals surface area contributed by atoms with Crippen LogP contribution in [0.2, 0.25) is 0 Å². The van der Waals surface area contributed by atoms with E-state index in [9.17, 15) is 9.18 Å². The van der Waals surface area contributed by atoms with Gasteiger partial charge in [-0.25, -0.2) is 9.07 Å². The standard InChI is InChI=1S/C28H27FN6O/c1-19-6-8-21(9-7-19)15-34(17-24-14-23-5-3-4-20(2)27(23)30-28(24)36)18-26-31-32-33-35(26)16-22-10-12-25(29)13-11-22/h3-14H,15-18H2,1-2H3,(H,30,36). The van der Waals surface area contributed by atoms with Crippen molar-refractivity contribution < 1.29 is 4.39 Å². The van der Waals surface area contributed by atoms with Crippen LogP contribution in [0.15, 0.2) is 77.6 Å². The Hall–Kier alpha value is -4.17. The molecule has 0 spiro atoms. The van der Waals surface area contributed by atoms with Crippen LogP contribution in [0.5, 0.6) is 0 Å². The molecule has 0 aliphatic rings. The molecule has 3 aromatic carbocycles. The number of aromatic nitrogens is 5.